The third-order valence-electron chi connectivity index (χ3n) is 4.42. The first kappa shape index (κ1) is 20.5. The number of hydrogen-bond donors (Lipinski definition) is 3. The molecular weight excluding hydrogens is 478 g/mol. The van der Waals surface area contributed by atoms with Crippen LogP contribution in [0.25, 0.3) is 0 Å². The van der Waals surface area contributed by atoms with Crippen molar-refractivity contribution in [2.45, 2.75) is 18.9 Å². The largest absolute Gasteiger partial charge is 0.481 e. The van der Waals surface area contributed by atoms with E-state index in [0.717, 1.165) is 3.57 Å². The first-order chi connectivity index (χ1) is 13.4. The Labute approximate surface area is 175 Å². The monoisotopic (exact) mass is 498 g/mol. The summed E-state index contributed by atoms with van der Waals surface area (Å²) in [4.78, 5) is 29.3. The van der Waals surface area contributed by atoms with Gasteiger partial charge in [-0.15, -0.1) is 0 Å². The lowest BCUT2D eigenvalue weighted by atomic mass is 10.1. The molecule has 1 fully saturated rings. The van der Waals surface area contributed by atoms with Gasteiger partial charge in [0, 0.05) is 29.3 Å². The molecule has 1 saturated heterocycles. The third-order valence-corrected chi connectivity index (χ3v) is 5.09. The second-order valence-electron chi connectivity index (χ2n) is 6.60. The number of nitrogens with zero attached hydrogens (tertiary/aromatic N) is 2. The van der Waals surface area contributed by atoms with E-state index >= 15 is 0 Å². The molecular formula is C19H20FIN4O3. The molecule has 0 unspecified atom stereocenters. The number of hydrogen-bond acceptors (Lipinski definition) is 5. The van der Waals surface area contributed by atoms with Crippen LogP contribution in [0.4, 0.5) is 15.8 Å². The van der Waals surface area contributed by atoms with Gasteiger partial charge in [0.25, 0.3) is 5.91 Å². The van der Waals surface area contributed by atoms with Gasteiger partial charge in [-0.2, -0.15) is 0 Å². The number of nitrogens with one attached hydrogen (secondary N) is 2. The molecule has 1 aromatic carbocycles. The van der Waals surface area contributed by atoms with Gasteiger partial charge in [-0.25, -0.2) is 4.39 Å². The van der Waals surface area contributed by atoms with Crippen molar-refractivity contribution in [1.82, 2.24) is 15.2 Å². The van der Waals surface area contributed by atoms with Crippen molar-refractivity contribution in [2.75, 3.05) is 25.0 Å². The predicted molar refractivity (Wildman–Crippen MR) is 111 cm³/mol. The molecule has 0 atom stereocenters. The van der Waals surface area contributed by atoms with Crippen molar-refractivity contribution < 1.29 is 19.1 Å². The van der Waals surface area contributed by atoms with Crippen LogP contribution in [0.5, 0.6) is 0 Å². The number of aliphatic carboxylic acids is 1. The summed E-state index contributed by atoms with van der Waals surface area (Å²) in [5, 5.41) is 14.6. The quantitative estimate of drug-likeness (QED) is 0.485. The maximum absolute atomic E-state index is 14.1. The molecule has 0 saturated carbocycles. The number of carbonyl (C=O) groups excluding carboxylic acids is 1. The van der Waals surface area contributed by atoms with Gasteiger partial charge in [0.2, 0.25) is 0 Å². The number of likely N-dealkylation sites (tertiary alicyclic amines) is 1. The van der Waals surface area contributed by atoms with Crippen LogP contribution < -0.4 is 10.6 Å². The van der Waals surface area contributed by atoms with Crippen molar-refractivity contribution in [3.63, 3.8) is 0 Å². The van der Waals surface area contributed by atoms with Crippen molar-refractivity contribution >= 4 is 45.8 Å². The van der Waals surface area contributed by atoms with Crippen molar-refractivity contribution in [3.8, 4) is 0 Å². The molecule has 0 bridgehead atoms. The maximum Gasteiger partial charge on any atom is 0.303 e. The number of rotatable bonds is 8. The summed E-state index contributed by atoms with van der Waals surface area (Å²) in [6.07, 6.45) is 3.75. The van der Waals surface area contributed by atoms with E-state index in [1.807, 2.05) is 22.6 Å². The Kier molecular flexibility index (Phi) is 6.79. The van der Waals surface area contributed by atoms with Gasteiger partial charge >= 0.3 is 5.97 Å². The first-order valence-corrected chi connectivity index (χ1v) is 9.91. The van der Waals surface area contributed by atoms with Crippen molar-refractivity contribution in [1.29, 1.82) is 0 Å². The first-order valence-electron chi connectivity index (χ1n) is 8.83. The molecule has 2 aromatic rings. The molecule has 28 heavy (non-hydrogen) atoms. The fourth-order valence-electron chi connectivity index (χ4n) is 2.99. The lowest BCUT2D eigenvalue weighted by Gasteiger charge is -2.39. The summed E-state index contributed by atoms with van der Waals surface area (Å²) >= 11 is 2.03. The molecule has 3 rings (SSSR count). The zero-order valence-electron chi connectivity index (χ0n) is 15.0. The number of carboxylic acid groups (broad SMARTS) is 1. The minimum Gasteiger partial charge on any atom is -0.481 e. The molecule has 0 spiro atoms. The topological polar surface area (TPSA) is 94.6 Å². The number of carbonyl (C=O) groups is 2. The van der Waals surface area contributed by atoms with Crippen LogP contribution >= 0.6 is 22.6 Å². The Balaban J connectivity index is 1.57. The van der Waals surface area contributed by atoms with E-state index in [0.29, 0.717) is 37.3 Å². The molecule has 7 nitrogen and oxygen atoms in total. The van der Waals surface area contributed by atoms with E-state index in [4.69, 9.17) is 5.11 Å². The van der Waals surface area contributed by atoms with Crippen LogP contribution in [0.1, 0.15) is 23.2 Å². The minimum absolute atomic E-state index is 0.00776. The molecule has 3 N–H and O–H groups in total. The summed E-state index contributed by atoms with van der Waals surface area (Å²) < 4.78 is 14.9. The van der Waals surface area contributed by atoms with E-state index < -0.39 is 11.8 Å². The van der Waals surface area contributed by atoms with Crippen molar-refractivity contribution in [3.05, 3.63) is 51.6 Å². The smallest absolute Gasteiger partial charge is 0.303 e. The SMILES string of the molecule is O=C(O)CCCN1CC(NC(=O)c2ccncc2Nc2ccc(I)cc2F)C1. The summed E-state index contributed by atoms with van der Waals surface area (Å²) in [7, 11) is 0. The summed E-state index contributed by atoms with van der Waals surface area (Å²) in [6.45, 7) is 2.07. The predicted octanol–water partition coefficient (Wildman–Crippen LogP) is 2.85. The fourth-order valence-corrected chi connectivity index (χ4v) is 3.44. The van der Waals surface area contributed by atoms with Crippen LogP contribution in [0.15, 0.2) is 36.7 Å². The van der Waals surface area contributed by atoms with Gasteiger partial charge in [0.1, 0.15) is 5.82 Å². The number of pyridine rings is 1. The molecule has 1 aromatic heterocycles. The highest BCUT2D eigenvalue weighted by Crippen LogP contribution is 2.24. The van der Waals surface area contributed by atoms with E-state index in [9.17, 15) is 14.0 Å². The highest BCUT2D eigenvalue weighted by atomic mass is 127. The number of aromatic nitrogens is 1. The molecule has 1 aliphatic heterocycles. The Bertz CT molecular complexity index is 874. The van der Waals surface area contributed by atoms with Crippen LogP contribution in [0.3, 0.4) is 0 Å². The molecule has 9 heteroatoms. The molecule has 1 aliphatic rings. The van der Waals surface area contributed by atoms with Crippen LogP contribution in [-0.2, 0) is 4.79 Å². The lowest BCUT2D eigenvalue weighted by Crippen LogP contribution is -2.59. The molecule has 0 radical (unpaired) electrons. The highest BCUT2D eigenvalue weighted by molar-refractivity contribution is 14.1. The second-order valence-corrected chi connectivity index (χ2v) is 7.84. The van der Waals surface area contributed by atoms with E-state index in [-0.39, 0.29) is 24.1 Å². The van der Waals surface area contributed by atoms with E-state index in [2.05, 4.69) is 20.5 Å². The van der Waals surface area contributed by atoms with Gasteiger partial charge in [0.05, 0.1) is 29.2 Å². The van der Waals surface area contributed by atoms with E-state index in [1.54, 1.807) is 18.2 Å². The Morgan fingerprint density at radius 2 is 2.07 bits per heavy atom. The Hall–Kier alpha value is -2.27. The number of benzene rings is 1. The fraction of sp³-hybridized carbons (Fsp3) is 0.316. The number of halogens is 2. The van der Waals surface area contributed by atoms with E-state index in [1.165, 1.54) is 18.5 Å². The van der Waals surface area contributed by atoms with Gasteiger partial charge in [0.15, 0.2) is 0 Å². The van der Waals surface area contributed by atoms with Crippen LogP contribution in [-0.4, -0.2) is 52.5 Å². The van der Waals surface area contributed by atoms with Gasteiger partial charge in [-0.1, -0.05) is 0 Å². The van der Waals surface area contributed by atoms with Crippen molar-refractivity contribution in [2.24, 2.45) is 0 Å². The number of anilines is 2. The minimum atomic E-state index is -0.798. The highest BCUT2D eigenvalue weighted by Gasteiger charge is 2.28. The van der Waals surface area contributed by atoms with Gasteiger partial charge < -0.3 is 15.7 Å². The zero-order chi connectivity index (χ0) is 20.1. The Morgan fingerprint density at radius 1 is 1.29 bits per heavy atom. The number of amides is 1. The lowest BCUT2D eigenvalue weighted by molar-refractivity contribution is -0.137. The molecule has 1 amide bonds. The van der Waals surface area contributed by atoms with Crippen LogP contribution in [0.2, 0.25) is 0 Å². The summed E-state index contributed by atoms with van der Waals surface area (Å²) in [5.41, 5.74) is 1.09. The summed E-state index contributed by atoms with van der Waals surface area (Å²) in [6, 6.07) is 6.40. The molecule has 0 aliphatic carbocycles. The second kappa shape index (κ2) is 9.28. The zero-order valence-corrected chi connectivity index (χ0v) is 17.1. The van der Waals surface area contributed by atoms with Gasteiger partial charge in [-0.3, -0.25) is 19.5 Å². The summed E-state index contributed by atoms with van der Waals surface area (Å²) in [5.74, 6) is -1.46. The normalized spacial score (nSPS) is 14.4. The maximum atomic E-state index is 14.1. The molecule has 148 valence electrons. The standard InChI is InChI=1S/C19H20FIN4O3/c20-15-8-12(21)3-4-16(15)24-17-9-22-6-5-14(17)19(28)23-13-10-25(11-13)7-1-2-18(26)27/h3-6,8-9,13,24H,1-2,7,10-11H2,(H,23,28)(H,26,27). The van der Waals surface area contributed by atoms with Crippen LogP contribution in [0, 0.1) is 9.39 Å². The average Bonchev–Trinajstić information content (AvgIpc) is 2.62. The molecule has 2 heterocycles. The van der Waals surface area contributed by atoms with Gasteiger partial charge in [-0.05, 0) is 59.8 Å². The third kappa shape index (κ3) is 5.38. The number of carboxylic acids is 1. The average molecular weight is 498 g/mol. The Morgan fingerprint density at radius 3 is 2.79 bits per heavy atom.